The van der Waals surface area contributed by atoms with Crippen LogP contribution in [-0.4, -0.2) is 28.8 Å². The number of hydrogen-bond donors (Lipinski definition) is 1. The van der Waals surface area contributed by atoms with Crippen molar-refractivity contribution in [2.75, 3.05) is 0 Å². The van der Waals surface area contributed by atoms with Crippen LogP contribution in [0.25, 0.3) is 0 Å². The van der Waals surface area contributed by atoms with Gasteiger partial charge in [0.05, 0.1) is 0 Å². The summed E-state index contributed by atoms with van der Waals surface area (Å²) in [6, 6.07) is 7.05. The minimum atomic E-state index is -0.476. The fourth-order valence-electron chi connectivity index (χ4n) is 3.16. The fourth-order valence-corrected chi connectivity index (χ4v) is 3.16. The van der Waals surface area contributed by atoms with E-state index in [-0.39, 0.29) is 11.9 Å². The van der Waals surface area contributed by atoms with Crippen molar-refractivity contribution in [3.8, 4) is 0 Å². The number of hydrogen-bond acceptors (Lipinski definition) is 2. The molecule has 1 fully saturated rings. The molecule has 0 bridgehead atoms. The van der Waals surface area contributed by atoms with Gasteiger partial charge in [0.15, 0.2) is 0 Å². The summed E-state index contributed by atoms with van der Waals surface area (Å²) in [6.45, 7) is 8.55. The second-order valence-corrected chi connectivity index (χ2v) is 6.97. The lowest BCUT2D eigenvalue weighted by Crippen LogP contribution is -2.53. The number of rotatable bonds is 4. The lowest BCUT2D eigenvalue weighted by atomic mass is 9.67. The Morgan fingerprint density at radius 2 is 1.62 bits per heavy atom. The third kappa shape index (κ3) is 3.26. The molecule has 0 aliphatic heterocycles. The van der Waals surface area contributed by atoms with Gasteiger partial charge in [0.2, 0.25) is 5.91 Å². The molecule has 114 valence electrons. The van der Waals surface area contributed by atoms with Crippen molar-refractivity contribution in [2.45, 2.75) is 52.6 Å². The summed E-state index contributed by atoms with van der Waals surface area (Å²) >= 11 is 0. The predicted octanol–water partition coefficient (Wildman–Crippen LogP) is 2.82. The van der Waals surface area contributed by atoms with E-state index in [4.69, 9.17) is 5.73 Å². The van der Waals surface area contributed by atoms with Gasteiger partial charge >= 0.3 is 0 Å². The summed E-state index contributed by atoms with van der Waals surface area (Å²) in [5.74, 6) is -0.447. The molecule has 0 heterocycles. The summed E-state index contributed by atoms with van der Waals surface area (Å²) in [5.41, 5.74) is 6.58. The Kier molecular flexibility index (Phi) is 4.08. The van der Waals surface area contributed by atoms with E-state index in [2.05, 4.69) is 13.8 Å². The van der Waals surface area contributed by atoms with Gasteiger partial charge in [0.1, 0.15) is 0 Å². The standard InChI is InChI=1S/C17H24N2O2/c1-11(2)19(14-9-17(3,4)10-14)16(21)13-7-5-12(6-8-13)15(18)20/h5-8,11,14H,9-10H2,1-4H3,(H2,18,20). The van der Waals surface area contributed by atoms with Crippen molar-refractivity contribution in [3.05, 3.63) is 35.4 Å². The summed E-state index contributed by atoms with van der Waals surface area (Å²) in [7, 11) is 0. The van der Waals surface area contributed by atoms with Gasteiger partial charge < -0.3 is 10.6 Å². The molecule has 4 heteroatoms. The first-order valence-electron chi connectivity index (χ1n) is 7.44. The monoisotopic (exact) mass is 288 g/mol. The highest BCUT2D eigenvalue weighted by Gasteiger charge is 2.42. The molecule has 0 spiro atoms. The number of benzene rings is 1. The highest BCUT2D eigenvalue weighted by molar-refractivity contribution is 5.97. The third-order valence-electron chi connectivity index (χ3n) is 4.18. The highest BCUT2D eigenvalue weighted by Crippen LogP contribution is 2.43. The lowest BCUT2D eigenvalue weighted by Gasteiger charge is -2.49. The number of carbonyl (C=O) groups excluding carboxylic acids is 2. The summed E-state index contributed by atoms with van der Waals surface area (Å²) in [6.07, 6.45) is 2.08. The van der Waals surface area contributed by atoms with Gasteiger partial charge in [-0.1, -0.05) is 13.8 Å². The van der Waals surface area contributed by atoms with E-state index >= 15 is 0 Å². The van der Waals surface area contributed by atoms with Crippen molar-refractivity contribution < 1.29 is 9.59 Å². The van der Waals surface area contributed by atoms with E-state index in [9.17, 15) is 9.59 Å². The van der Waals surface area contributed by atoms with E-state index in [1.165, 1.54) is 0 Å². The number of nitrogens with zero attached hydrogens (tertiary/aromatic N) is 1. The molecule has 1 aliphatic rings. The Balaban J connectivity index is 2.17. The minimum Gasteiger partial charge on any atom is -0.366 e. The van der Waals surface area contributed by atoms with Crippen LogP contribution in [0, 0.1) is 5.41 Å². The molecular weight excluding hydrogens is 264 g/mol. The molecule has 2 amide bonds. The average molecular weight is 288 g/mol. The van der Waals surface area contributed by atoms with Crippen molar-refractivity contribution in [1.82, 2.24) is 4.90 Å². The number of primary amides is 1. The Hall–Kier alpha value is -1.84. The molecule has 21 heavy (non-hydrogen) atoms. The molecular formula is C17H24N2O2. The maximum Gasteiger partial charge on any atom is 0.254 e. The number of amides is 2. The molecule has 1 aromatic rings. The van der Waals surface area contributed by atoms with Crippen LogP contribution in [0.15, 0.2) is 24.3 Å². The number of nitrogens with two attached hydrogens (primary N) is 1. The maximum absolute atomic E-state index is 12.7. The Morgan fingerprint density at radius 3 is 2.00 bits per heavy atom. The molecule has 1 aromatic carbocycles. The third-order valence-corrected chi connectivity index (χ3v) is 4.18. The van der Waals surface area contributed by atoms with Crippen molar-refractivity contribution in [2.24, 2.45) is 11.1 Å². The minimum absolute atomic E-state index is 0.0292. The zero-order valence-corrected chi connectivity index (χ0v) is 13.2. The zero-order chi connectivity index (χ0) is 15.8. The summed E-state index contributed by atoms with van der Waals surface area (Å²) in [4.78, 5) is 25.8. The molecule has 1 saturated carbocycles. The van der Waals surface area contributed by atoms with Crippen molar-refractivity contribution in [1.29, 1.82) is 0 Å². The molecule has 0 saturated heterocycles. The van der Waals surface area contributed by atoms with E-state index in [1.807, 2.05) is 18.7 Å². The molecule has 0 aromatic heterocycles. The van der Waals surface area contributed by atoms with Crippen LogP contribution < -0.4 is 5.73 Å². The smallest absolute Gasteiger partial charge is 0.254 e. The van der Waals surface area contributed by atoms with Crippen LogP contribution in [-0.2, 0) is 0 Å². The van der Waals surface area contributed by atoms with Crippen LogP contribution in [0.3, 0.4) is 0 Å². The Morgan fingerprint density at radius 1 is 1.14 bits per heavy atom. The Bertz CT molecular complexity index is 538. The molecule has 2 rings (SSSR count). The van der Waals surface area contributed by atoms with E-state index in [1.54, 1.807) is 24.3 Å². The normalized spacial score (nSPS) is 17.4. The molecule has 4 nitrogen and oxygen atoms in total. The lowest BCUT2D eigenvalue weighted by molar-refractivity contribution is 0.0103. The summed E-state index contributed by atoms with van der Waals surface area (Å²) < 4.78 is 0. The molecule has 0 unspecified atom stereocenters. The first-order valence-corrected chi connectivity index (χ1v) is 7.44. The Labute approximate surface area is 126 Å². The average Bonchev–Trinajstić information content (AvgIpc) is 2.36. The highest BCUT2D eigenvalue weighted by atomic mass is 16.2. The van der Waals surface area contributed by atoms with Crippen molar-refractivity contribution >= 4 is 11.8 Å². The van der Waals surface area contributed by atoms with Crippen LogP contribution in [0.5, 0.6) is 0 Å². The molecule has 0 atom stereocenters. The van der Waals surface area contributed by atoms with Crippen LogP contribution in [0.4, 0.5) is 0 Å². The van der Waals surface area contributed by atoms with Gasteiger partial charge in [-0.05, 0) is 56.4 Å². The largest absolute Gasteiger partial charge is 0.366 e. The fraction of sp³-hybridized carbons (Fsp3) is 0.529. The van der Waals surface area contributed by atoms with E-state index in [0.717, 1.165) is 12.8 Å². The van der Waals surface area contributed by atoms with Crippen LogP contribution >= 0.6 is 0 Å². The van der Waals surface area contributed by atoms with Gasteiger partial charge in [0, 0.05) is 23.2 Å². The van der Waals surface area contributed by atoms with Crippen LogP contribution in [0.1, 0.15) is 61.3 Å². The van der Waals surface area contributed by atoms with E-state index < -0.39 is 5.91 Å². The second-order valence-electron chi connectivity index (χ2n) is 6.97. The van der Waals surface area contributed by atoms with Gasteiger partial charge in [-0.15, -0.1) is 0 Å². The quantitative estimate of drug-likeness (QED) is 0.926. The van der Waals surface area contributed by atoms with Gasteiger partial charge in [-0.3, -0.25) is 9.59 Å². The SMILES string of the molecule is CC(C)N(C(=O)c1ccc(C(N)=O)cc1)C1CC(C)(C)C1. The maximum atomic E-state index is 12.7. The first-order chi connectivity index (χ1) is 9.71. The number of carbonyl (C=O) groups is 2. The topological polar surface area (TPSA) is 63.4 Å². The molecule has 2 N–H and O–H groups in total. The predicted molar refractivity (Wildman–Crippen MR) is 83.1 cm³/mol. The van der Waals surface area contributed by atoms with Gasteiger partial charge in [-0.2, -0.15) is 0 Å². The zero-order valence-electron chi connectivity index (χ0n) is 13.2. The van der Waals surface area contributed by atoms with Crippen molar-refractivity contribution in [3.63, 3.8) is 0 Å². The van der Waals surface area contributed by atoms with Gasteiger partial charge in [0.25, 0.3) is 5.91 Å². The van der Waals surface area contributed by atoms with Gasteiger partial charge in [-0.25, -0.2) is 0 Å². The molecule has 0 radical (unpaired) electrons. The first kappa shape index (κ1) is 15.5. The summed E-state index contributed by atoms with van der Waals surface area (Å²) in [5, 5.41) is 0. The molecule has 1 aliphatic carbocycles. The second kappa shape index (κ2) is 5.51. The van der Waals surface area contributed by atoms with Crippen LogP contribution in [0.2, 0.25) is 0 Å². The van der Waals surface area contributed by atoms with E-state index in [0.29, 0.717) is 22.6 Å².